The first-order valence-corrected chi connectivity index (χ1v) is 7.04. The molecule has 3 unspecified atom stereocenters. The number of thioether (sulfide) groups is 1. The Labute approximate surface area is 100 Å². The van der Waals surface area contributed by atoms with Crippen LogP contribution in [0, 0.1) is 0 Å². The van der Waals surface area contributed by atoms with Crippen LogP contribution in [-0.2, 0) is 20.6 Å². The Balaban J connectivity index is 2.23. The minimum Gasteiger partial charge on any atom is -0.301 e. The summed E-state index contributed by atoms with van der Waals surface area (Å²) in [7, 11) is -1.39. The van der Waals surface area contributed by atoms with Crippen molar-refractivity contribution in [2.75, 3.05) is 6.54 Å². The molecule has 0 N–H and O–H groups in total. The standard InChI is InChI=1S/C9H12N2O3S2/c1-5(12)11-6-4-10-7(13)9(11,16(10)14)8(2,3)15-6/h6H,4H2,1-3H3. The molecule has 0 saturated carbocycles. The van der Waals surface area contributed by atoms with Crippen molar-refractivity contribution in [2.45, 2.75) is 35.8 Å². The van der Waals surface area contributed by atoms with Crippen molar-refractivity contribution in [1.29, 1.82) is 0 Å². The van der Waals surface area contributed by atoms with Gasteiger partial charge in [-0.05, 0) is 13.8 Å². The molecule has 7 heteroatoms. The van der Waals surface area contributed by atoms with Gasteiger partial charge in [0, 0.05) is 6.92 Å². The van der Waals surface area contributed by atoms with Crippen LogP contribution in [0.25, 0.3) is 0 Å². The van der Waals surface area contributed by atoms with Gasteiger partial charge in [0.05, 0.1) is 16.7 Å². The summed E-state index contributed by atoms with van der Waals surface area (Å²) in [6.07, 6.45) is 0. The summed E-state index contributed by atoms with van der Waals surface area (Å²) in [5.41, 5.74) is 0. The lowest BCUT2D eigenvalue weighted by Crippen LogP contribution is -2.83. The highest BCUT2D eigenvalue weighted by Gasteiger charge is 2.80. The highest BCUT2D eigenvalue weighted by atomic mass is 32.2. The number of hydrogen-bond donors (Lipinski definition) is 0. The zero-order valence-corrected chi connectivity index (χ0v) is 10.9. The monoisotopic (exact) mass is 260 g/mol. The molecule has 4 aliphatic heterocycles. The fourth-order valence-electron chi connectivity index (χ4n) is 2.90. The van der Waals surface area contributed by atoms with Gasteiger partial charge in [-0.15, -0.1) is 11.8 Å². The van der Waals surface area contributed by atoms with E-state index in [1.165, 1.54) is 16.1 Å². The van der Waals surface area contributed by atoms with Gasteiger partial charge >= 0.3 is 0 Å². The van der Waals surface area contributed by atoms with E-state index in [1.807, 2.05) is 13.8 Å². The molecule has 2 amide bonds. The summed E-state index contributed by atoms with van der Waals surface area (Å²) >= 11 is 1.57. The molecule has 0 radical (unpaired) electrons. The van der Waals surface area contributed by atoms with Gasteiger partial charge in [0.1, 0.15) is 0 Å². The minimum atomic E-state index is -1.39. The number of piperazine rings is 1. The van der Waals surface area contributed by atoms with E-state index in [4.69, 9.17) is 0 Å². The van der Waals surface area contributed by atoms with Gasteiger partial charge in [-0.1, -0.05) is 0 Å². The van der Waals surface area contributed by atoms with Crippen LogP contribution >= 0.6 is 11.8 Å². The molecule has 4 saturated heterocycles. The third-order valence-corrected chi connectivity index (χ3v) is 7.25. The predicted octanol–water partition coefficient (Wildman–Crippen LogP) is -0.0978. The van der Waals surface area contributed by atoms with Crippen molar-refractivity contribution in [1.82, 2.24) is 9.21 Å². The van der Waals surface area contributed by atoms with Crippen LogP contribution in [0.5, 0.6) is 0 Å². The van der Waals surface area contributed by atoms with Gasteiger partial charge in [-0.2, -0.15) is 0 Å². The van der Waals surface area contributed by atoms with Gasteiger partial charge in [0.2, 0.25) is 10.8 Å². The number of carbonyl (C=O) groups excluding carboxylic acids is 2. The predicted molar refractivity (Wildman–Crippen MR) is 60.6 cm³/mol. The number of amides is 2. The van der Waals surface area contributed by atoms with Crippen molar-refractivity contribution in [3.05, 3.63) is 0 Å². The number of carbonyl (C=O) groups is 2. The normalized spacial score (nSPS) is 43.3. The number of hydrogen-bond acceptors (Lipinski definition) is 4. The van der Waals surface area contributed by atoms with Crippen LogP contribution in [0.4, 0.5) is 0 Å². The van der Waals surface area contributed by atoms with Gasteiger partial charge in [0.15, 0.2) is 11.0 Å². The Morgan fingerprint density at radius 2 is 2.19 bits per heavy atom. The van der Waals surface area contributed by atoms with Crippen molar-refractivity contribution < 1.29 is 13.8 Å². The van der Waals surface area contributed by atoms with Crippen molar-refractivity contribution >= 4 is 34.6 Å². The van der Waals surface area contributed by atoms with Crippen LogP contribution in [0.2, 0.25) is 0 Å². The molecule has 4 rings (SSSR count). The molecule has 4 fully saturated rings. The van der Waals surface area contributed by atoms with Gasteiger partial charge in [0.25, 0.3) is 5.91 Å². The summed E-state index contributed by atoms with van der Waals surface area (Å²) in [5.74, 6) is -0.323. The fraction of sp³-hybridized carbons (Fsp3) is 0.778. The molecule has 4 aliphatic rings. The van der Waals surface area contributed by atoms with E-state index in [1.54, 1.807) is 11.8 Å². The lowest BCUT2D eigenvalue weighted by atomic mass is 9.97. The van der Waals surface area contributed by atoms with Crippen molar-refractivity contribution in [3.63, 3.8) is 0 Å². The molecule has 1 spiro atoms. The Morgan fingerprint density at radius 1 is 1.56 bits per heavy atom. The first-order chi connectivity index (χ1) is 7.34. The zero-order valence-electron chi connectivity index (χ0n) is 9.22. The molecule has 0 aliphatic carbocycles. The van der Waals surface area contributed by atoms with Crippen LogP contribution in [0.15, 0.2) is 0 Å². The number of rotatable bonds is 0. The molecule has 16 heavy (non-hydrogen) atoms. The van der Waals surface area contributed by atoms with E-state index in [-0.39, 0.29) is 17.2 Å². The zero-order chi connectivity index (χ0) is 11.9. The Bertz CT molecular complexity index is 432. The Morgan fingerprint density at radius 3 is 2.62 bits per heavy atom. The fourth-order valence-corrected chi connectivity index (χ4v) is 6.93. The molecule has 3 atom stereocenters. The summed E-state index contributed by atoms with van der Waals surface area (Å²) in [5, 5.41) is -0.0390. The van der Waals surface area contributed by atoms with E-state index >= 15 is 0 Å². The topological polar surface area (TPSA) is 57.7 Å². The third-order valence-electron chi connectivity index (χ3n) is 3.50. The van der Waals surface area contributed by atoms with Gasteiger partial charge in [-0.25, -0.2) is 4.21 Å². The minimum absolute atomic E-state index is 0.0390. The highest BCUT2D eigenvalue weighted by molar-refractivity contribution is 8.03. The molecule has 5 nitrogen and oxygen atoms in total. The average Bonchev–Trinajstić information content (AvgIpc) is 2.33. The van der Waals surface area contributed by atoms with E-state index < -0.39 is 20.6 Å². The molecule has 4 heterocycles. The molecule has 0 aromatic carbocycles. The van der Waals surface area contributed by atoms with Crippen LogP contribution in [0.1, 0.15) is 20.8 Å². The van der Waals surface area contributed by atoms with Crippen molar-refractivity contribution in [3.8, 4) is 0 Å². The van der Waals surface area contributed by atoms with E-state index in [0.717, 1.165) is 0 Å². The van der Waals surface area contributed by atoms with Crippen LogP contribution in [-0.4, -0.2) is 46.8 Å². The second-order valence-electron chi connectivity index (χ2n) is 4.73. The highest BCUT2D eigenvalue weighted by Crippen LogP contribution is 2.62. The first-order valence-electron chi connectivity index (χ1n) is 5.05. The summed E-state index contributed by atoms with van der Waals surface area (Å²) in [4.78, 5) is 24.2. The third kappa shape index (κ3) is 0.786. The molecule has 0 aromatic heterocycles. The van der Waals surface area contributed by atoms with Crippen LogP contribution in [0.3, 0.4) is 0 Å². The SMILES string of the molecule is CC(=O)N1C2CN3C(=O)C1(S3=O)C(C)(C)S2. The first kappa shape index (κ1) is 10.6. The maximum absolute atomic E-state index is 12.2. The molecule has 3 bridgehead atoms. The van der Waals surface area contributed by atoms with Gasteiger partial charge < -0.3 is 4.90 Å². The molecule has 88 valence electrons. The largest absolute Gasteiger partial charge is 0.301 e. The molecular weight excluding hydrogens is 248 g/mol. The second kappa shape index (κ2) is 2.64. The summed E-state index contributed by atoms with van der Waals surface area (Å²) < 4.78 is 13.1. The maximum atomic E-state index is 12.2. The second-order valence-corrected chi connectivity index (χ2v) is 8.06. The summed E-state index contributed by atoms with van der Waals surface area (Å²) in [6.45, 7) is 5.62. The van der Waals surface area contributed by atoms with Crippen molar-refractivity contribution in [2.24, 2.45) is 0 Å². The Kier molecular flexibility index (Phi) is 1.75. The lowest BCUT2D eigenvalue weighted by Gasteiger charge is -2.57. The Hall–Kier alpha value is -0.560. The molecular formula is C9H12N2O3S2. The van der Waals surface area contributed by atoms with E-state index in [9.17, 15) is 13.8 Å². The van der Waals surface area contributed by atoms with Crippen LogP contribution < -0.4 is 0 Å². The lowest BCUT2D eigenvalue weighted by molar-refractivity contribution is -0.155. The summed E-state index contributed by atoms with van der Waals surface area (Å²) in [6, 6.07) is 0. The van der Waals surface area contributed by atoms with E-state index in [2.05, 4.69) is 0 Å². The number of nitrogens with zero attached hydrogens (tertiary/aromatic N) is 2. The average molecular weight is 260 g/mol. The van der Waals surface area contributed by atoms with Gasteiger partial charge in [-0.3, -0.25) is 13.9 Å². The quantitative estimate of drug-likeness (QED) is 0.610. The smallest absolute Gasteiger partial charge is 0.277 e. The molecule has 0 aromatic rings. The van der Waals surface area contributed by atoms with E-state index in [0.29, 0.717) is 6.54 Å². The maximum Gasteiger partial charge on any atom is 0.277 e.